The Morgan fingerprint density at radius 3 is 2.60 bits per heavy atom. The quantitative estimate of drug-likeness (QED) is 0.582. The Labute approximate surface area is 59.9 Å². The first-order chi connectivity index (χ1) is 4.72. The molecule has 0 radical (unpaired) electrons. The lowest BCUT2D eigenvalue weighted by Gasteiger charge is -2.03. The number of hydrogen-bond donors (Lipinski definition) is 0. The van der Waals surface area contributed by atoms with Crippen molar-refractivity contribution in [2.45, 2.75) is 19.8 Å². The van der Waals surface area contributed by atoms with Crippen LogP contribution in [0.25, 0.3) is 0 Å². The van der Waals surface area contributed by atoms with E-state index in [4.69, 9.17) is 0 Å². The molecule has 0 saturated carbocycles. The van der Waals surface area contributed by atoms with E-state index in [0.29, 0.717) is 0 Å². The van der Waals surface area contributed by atoms with E-state index in [1.54, 1.807) is 12.3 Å². The zero-order valence-corrected chi connectivity index (χ0v) is 6.13. The van der Waals surface area contributed by atoms with Crippen molar-refractivity contribution < 1.29 is 4.39 Å². The molecule has 0 fully saturated rings. The average molecular weight is 139 g/mol. The molecule has 0 aliphatic heterocycles. The predicted molar refractivity (Wildman–Crippen MR) is 38.3 cm³/mol. The van der Waals surface area contributed by atoms with Gasteiger partial charge in [0.1, 0.15) is 5.82 Å². The van der Waals surface area contributed by atoms with Crippen LogP contribution in [0.2, 0.25) is 0 Å². The SMILES string of the molecule is CC(C)c1ccncc1F. The summed E-state index contributed by atoms with van der Waals surface area (Å²) in [5.41, 5.74) is 0.731. The van der Waals surface area contributed by atoms with Gasteiger partial charge in [0.15, 0.2) is 0 Å². The maximum atomic E-state index is 12.8. The summed E-state index contributed by atoms with van der Waals surface area (Å²) in [5, 5.41) is 0. The van der Waals surface area contributed by atoms with Crippen molar-refractivity contribution in [1.29, 1.82) is 0 Å². The molecule has 0 unspecified atom stereocenters. The maximum absolute atomic E-state index is 12.8. The molecule has 2 heteroatoms. The first kappa shape index (κ1) is 7.19. The number of rotatable bonds is 1. The molecule has 1 heterocycles. The van der Waals surface area contributed by atoms with Gasteiger partial charge in [-0.05, 0) is 17.5 Å². The maximum Gasteiger partial charge on any atom is 0.144 e. The molecule has 0 aliphatic carbocycles. The Morgan fingerprint density at radius 1 is 1.50 bits per heavy atom. The third-order valence-electron chi connectivity index (χ3n) is 1.43. The number of pyridine rings is 1. The van der Waals surface area contributed by atoms with Crippen molar-refractivity contribution in [1.82, 2.24) is 4.98 Å². The molecule has 0 saturated heterocycles. The van der Waals surface area contributed by atoms with Crippen molar-refractivity contribution >= 4 is 0 Å². The molecule has 0 bridgehead atoms. The highest BCUT2D eigenvalue weighted by Gasteiger charge is 2.03. The summed E-state index contributed by atoms with van der Waals surface area (Å²) in [4.78, 5) is 3.65. The second-order valence-corrected chi connectivity index (χ2v) is 2.55. The van der Waals surface area contributed by atoms with Crippen LogP contribution in [0.1, 0.15) is 25.3 Å². The van der Waals surface area contributed by atoms with E-state index in [0.717, 1.165) is 5.56 Å². The smallest absolute Gasteiger partial charge is 0.144 e. The summed E-state index contributed by atoms with van der Waals surface area (Å²) in [6.07, 6.45) is 2.85. The minimum atomic E-state index is -0.211. The Hall–Kier alpha value is -0.920. The van der Waals surface area contributed by atoms with E-state index in [2.05, 4.69) is 4.98 Å². The van der Waals surface area contributed by atoms with Crippen LogP contribution in [-0.4, -0.2) is 4.98 Å². The van der Waals surface area contributed by atoms with Crippen LogP contribution in [0, 0.1) is 5.82 Å². The summed E-state index contributed by atoms with van der Waals surface area (Å²) < 4.78 is 12.8. The number of aromatic nitrogens is 1. The van der Waals surface area contributed by atoms with Gasteiger partial charge in [0.05, 0.1) is 6.20 Å². The van der Waals surface area contributed by atoms with Gasteiger partial charge in [-0.3, -0.25) is 4.98 Å². The molecule has 0 atom stereocenters. The molecule has 1 aromatic heterocycles. The molecule has 10 heavy (non-hydrogen) atoms. The van der Waals surface area contributed by atoms with Crippen LogP contribution in [-0.2, 0) is 0 Å². The average Bonchev–Trinajstić information content (AvgIpc) is 1.88. The highest BCUT2D eigenvalue weighted by Crippen LogP contribution is 2.15. The van der Waals surface area contributed by atoms with E-state index in [1.165, 1.54) is 6.20 Å². The van der Waals surface area contributed by atoms with Crippen LogP contribution in [0.5, 0.6) is 0 Å². The monoisotopic (exact) mass is 139 g/mol. The molecule has 1 aromatic rings. The van der Waals surface area contributed by atoms with Gasteiger partial charge in [0.25, 0.3) is 0 Å². The summed E-state index contributed by atoms with van der Waals surface area (Å²) in [5.74, 6) is 0.0282. The lowest BCUT2D eigenvalue weighted by molar-refractivity contribution is 0.592. The van der Waals surface area contributed by atoms with Gasteiger partial charge < -0.3 is 0 Å². The summed E-state index contributed by atoms with van der Waals surface area (Å²) in [6, 6.07) is 1.71. The first-order valence-electron chi connectivity index (χ1n) is 3.31. The highest BCUT2D eigenvalue weighted by atomic mass is 19.1. The lowest BCUT2D eigenvalue weighted by Crippen LogP contribution is -1.92. The summed E-state index contributed by atoms with van der Waals surface area (Å²) in [7, 11) is 0. The number of halogens is 1. The second kappa shape index (κ2) is 2.78. The minimum Gasteiger partial charge on any atom is -0.262 e. The van der Waals surface area contributed by atoms with Crippen molar-refractivity contribution in [2.24, 2.45) is 0 Å². The van der Waals surface area contributed by atoms with Crippen LogP contribution in [0.15, 0.2) is 18.5 Å². The zero-order chi connectivity index (χ0) is 7.56. The van der Waals surface area contributed by atoms with Gasteiger partial charge in [-0.15, -0.1) is 0 Å². The Balaban J connectivity index is 3.03. The fraction of sp³-hybridized carbons (Fsp3) is 0.375. The van der Waals surface area contributed by atoms with Gasteiger partial charge >= 0.3 is 0 Å². The molecule has 0 N–H and O–H groups in total. The summed E-state index contributed by atoms with van der Waals surface area (Å²) in [6.45, 7) is 3.91. The lowest BCUT2D eigenvalue weighted by atomic mass is 10.1. The topological polar surface area (TPSA) is 12.9 Å². The summed E-state index contributed by atoms with van der Waals surface area (Å²) >= 11 is 0. The second-order valence-electron chi connectivity index (χ2n) is 2.55. The zero-order valence-electron chi connectivity index (χ0n) is 6.13. The van der Waals surface area contributed by atoms with Gasteiger partial charge in [-0.2, -0.15) is 0 Å². The van der Waals surface area contributed by atoms with Crippen LogP contribution in [0.3, 0.4) is 0 Å². The Kier molecular flexibility index (Phi) is 2.00. The highest BCUT2D eigenvalue weighted by molar-refractivity contribution is 5.15. The molecule has 0 aromatic carbocycles. The Bertz CT molecular complexity index is 220. The van der Waals surface area contributed by atoms with Gasteiger partial charge in [0, 0.05) is 6.20 Å². The molecule has 0 amide bonds. The number of hydrogen-bond acceptors (Lipinski definition) is 1. The molecule has 1 rings (SSSR count). The molecule has 0 aliphatic rings. The molecule has 54 valence electrons. The minimum absolute atomic E-state index is 0.211. The number of nitrogens with zero attached hydrogens (tertiary/aromatic N) is 1. The van der Waals surface area contributed by atoms with Crippen molar-refractivity contribution in [3.63, 3.8) is 0 Å². The van der Waals surface area contributed by atoms with Crippen LogP contribution in [0.4, 0.5) is 4.39 Å². The third kappa shape index (κ3) is 1.32. The third-order valence-corrected chi connectivity index (χ3v) is 1.43. The standard InChI is InChI=1S/C8H10FN/c1-6(2)7-3-4-10-5-8(7)9/h3-6H,1-2H3. The van der Waals surface area contributed by atoms with Crippen LogP contribution < -0.4 is 0 Å². The van der Waals surface area contributed by atoms with E-state index in [1.807, 2.05) is 13.8 Å². The predicted octanol–water partition coefficient (Wildman–Crippen LogP) is 2.34. The van der Waals surface area contributed by atoms with Crippen molar-refractivity contribution in [2.75, 3.05) is 0 Å². The van der Waals surface area contributed by atoms with Gasteiger partial charge in [-0.25, -0.2) is 4.39 Å². The van der Waals surface area contributed by atoms with E-state index in [-0.39, 0.29) is 11.7 Å². The van der Waals surface area contributed by atoms with Crippen molar-refractivity contribution in [3.05, 3.63) is 29.8 Å². The van der Waals surface area contributed by atoms with E-state index in [9.17, 15) is 4.39 Å². The van der Waals surface area contributed by atoms with E-state index < -0.39 is 0 Å². The van der Waals surface area contributed by atoms with Gasteiger partial charge in [-0.1, -0.05) is 13.8 Å². The fourth-order valence-electron chi connectivity index (χ4n) is 0.854. The van der Waals surface area contributed by atoms with E-state index >= 15 is 0 Å². The van der Waals surface area contributed by atoms with Crippen LogP contribution >= 0.6 is 0 Å². The Morgan fingerprint density at radius 2 is 2.20 bits per heavy atom. The van der Waals surface area contributed by atoms with Gasteiger partial charge in [0.2, 0.25) is 0 Å². The normalized spacial score (nSPS) is 10.4. The van der Waals surface area contributed by atoms with Crippen molar-refractivity contribution in [3.8, 4) is 0 Å². The largest absolute Gasteiger partial charge is 0.262 e. The first-order valence-corrected chi connectivity index (χ1v) is 3.31. The molecular formula is C8H10FN. The molecular weight excluding hydrogens is 129 g/mol. The molecule has 1 nitrogen and oxygen atoms in total. The molecule has 0 spiro atoms. The fourth-order valence-corrected chi connectivity index (χ4v) is 0.854.